The second kappa shape index (κ2) is 10.8. The van der Waals surface area contributed by atoms with E-state index in [9.17, 15) is 13.2 Å². The third kappa shape index (κ3) is 6.45. The fourth-order valence-corrected chi connectivity index (χ4v) is 3.84. The van der Waals surface area contributed by atoms with Crippen LogP contribution in [0.4, 0.5) is 13.2 Å². The molecule has 1 unspecified atom stereocenters. The SMILES string of the molecule is CN=C(NCC1CCCO1)NCC1(c2cccc(C(F)(F)F)c2)CCOCC1.I. The number of nitrogens with one attached hydrogen (secondary N) is 2. The number of halogens is 4. The van der Waals surface area contributed by atoms with Crippen molar-refractivity contribution in [1.29, 1.82) is 0 Å². The first kappa shape index (κ1) is 24.2. The van der Waals surface area contributed by atoms with Crippen molar-refractivity contribution in [2.24, 2.45) is 4.99 Å². The van der Waals surface area contributed by atoms with E-state index in [0.717, 1.165) is 25.5 Å². The Hall–Kier alpha value is -1.07. The van der Waals surface area contributed by atoms with Gasteiger partial charge < -0.3 is 20.1 Å². The summed E-state index contributed by atoms with van der Waals surface area (Å²) >= 11 is 0. The number of guanidine groups is 1. The minimum atomic E-state index is -4.35. The molecule has 0 bridgehead atoms. The number of benzene rings is 1. The Bertz CT molecular complexity index is 673. The van der Waals surface area contributed by atoms with Gasteiger partial charge in [0.25, 0.3) is 0 Å². The summed E-state index contributed by atoms with van der Waals surface area (Å²) < 4.78 is 50.7. The smallest absolute Gasteiger partial charge is 0.381 e. The quantitative estimate of drug-likeness (QED) is 0.349. The number of hydrogen-bond acceptors (Lipinski definition) is 3. The van der Waals surface area contributed by atoms with Gasteiger partial charge >= 0.3 is 6.18 Å². The number of hydrogen-bond donors (Lipinski definition) is 2. The first-order valence-corrected chi connectivity index (χ1v) is 9.75. The van der Waals surface area contributed by atoms with Gasteiger partial charge in [-0.3, -0.25) is 4.99 Å². The zero-order valence-electron chi connectivity index (χ0n) is 16.6. The van der Waals surface area contributed by atoms with Crippen LogP contribution in [0.1, 0.15) is 36.8 Å². The standard InChI is InChI=1S/C20H28F3N3O2.HI/c1-24-18(25-13-17-6-3-9-28-17)26-14-19(7-10-27-11-8-19)15-4-2-5-16(12-15)20(21,22)23;/h2,4-5,12,17H,3,6-11,13-14H2,1H3,(H2,24,25,26);1H. The van der Waals surface area contributed by atoms with Gasteiger partial charge in [-0.15, -0.1) is 24.0 Å². The van der Waals surface area contributed by atoms with E-state index in [-0.39, 0.29) is 30.1 Å². The molecule has 9 heteroatoms. The molecule has 0 spiro atoms. The summed E-state index contributed by atoms with van der Waals surface area (Å²) in [5, 5.41) is 6.57. The molecule has 1 aromatic rings. The van der Waals surface area contributed by atoms with E-state index in [0.29, 0.717) is 50.7 Å². The van der Waals surface area contributed by atoms with Crippen molar-refractivity contribution in [3.63, 3.8) is 0 Å². The van der Waals surface area contributed by atoms with Gasteiger partial charge in [0.05, 0.1) is 11.7 Å². The van der Waals surface area contributed by atoms with Crippen molar-refractivity contribution in [1.82, 2.24) is 10.6 Å². The summed E-state index contributed by atoms with van der Waals surface area (Å²) in [6.45, 7) is 3.00. The fourth-order valence-electron chi connectivity index (χ4n) is 3.84. The maximum absolute atomic E-state index is 13.2. The Morgan fingerprint density at radius 3 is 2.59 bits per heavy atom. The highest BCUT2D eigenvalue weighted by molar-refractivity contribution is 14.0. The van der Waals surface area contributed by atoms with Gasteiger partial charge in [-0.2, -0.15) is 13.2 Å². The highest BCUT2D eigenvalue weighted by atomic mass is 127. The van der Waals surface area contributed by atoms with Gasteiger partial charge in [-0.25, -0.2) is 0 Å². The molecule has 29 heavy (non-hydrogen) atoms. The predicted octanol–water partition coefficient (Wildman–Crippen LogP) is 3.72. The topological polar surface area (TPSA) is 54.9 Å². The van der Waals surface area contributed by atoms with Crippen molar-refractivity contribution in [2.45, 2.75) is 43.4 Å². The molecule has 164 valence electrons. The molecule has 2 aliphatic rings. The van der Waals surface area contributed by atoms with Crippen LogP contribution < -0.4 is 10.6 Å². The molecule has 0 radical (unpaired) electrons. The second-order valence-corrected chi connectivity index (χ2v) is 7.41. The van der Waals surface area contributed by atoms with E-state index in [1.165, 1.54) is 12.1 Å². The minimum Gasteiger partial charge on any atom is -0.381 e. The van der Waals surface area contributed by atoms with Crippen LogP contribution in [0.2, 0.25) is 0 Å². The van der Waals surface area contributed by atoms with Crippen LogP contribution in [0.25, 0.3) is 0 Å². The lowest BCUT2D eigenvalue weighted by atomic mass is 9.73. The van der Waals surface area contributed by atoms with Crippen LogP contribution in [-0.2, 0) is 21.1 Å². The molecular formula is C20H29F3IN3O2. The van der Waals surface area contributed by atoms with E-state index < -0.39 is 17.2 Å². The first-order valence-electron chi connectivity index (χ1n) is 9.75. The third-order valence-corrected chi connectivity index (χ3v) is 5.59. The Balaban J connectivity index is 0.00000300. The van der Waals surface area contributed by atoms with E-state index in [4.69, 9.17) is 9.47 Å². The van der Waals surface area contributed by atoms with Gasteiger partial charge in [-0.05, 0) is 37.3 Å². The van der Waals surface area contributed by atoms with Crippen LogP contribution in [-0.4, -0.2) is 52.0 Å². The molecule has 1 aromatic carbocycles. The van der Waals surface area contributed by atoms with Gasteiger partial charge in [0.1, 0.15) is 0 Å². The average Bonchev–Trinajstić information content (AvgIpc) is 3.22. The maximum Gasteiger partial charge on any atom is 0.416 e. The number of nitrogens with zero attached hydrogens (tertiary/aromatic N) is 1. The summed E-state index contributed by atoms with van der Waals surface area (Å²) in [6, 6.07) is 5.66. The first-order chi connectivity index (χ1) is 13.4. The maximum atomic E-state index is 13.2. The van der Waals surface area contributed by atoms with Crippen LogP contribution in [0.5, 0.6) is 0 Å². The Labute approximate surface area is 186 Å². The van der Waals surface area contributed by atoms with Gasteiger partial charge in [0, 0.05) is 45.4 Å². The van der Waals surface area contributed by atoms with Crippen molar-refractivity contribution in [3.05, 3.63) is 35.4 Å². The van der Waals surface area contributed by atoms with Crippen molar-refractivity contribution in [3.8, 4) is 0 Å². The highest BCUT2D eigenvalue weighted by Gasteiger charge is 2.37. The Morgan fingerprint density at radius 1 is 1.21 bits per heavy atom. The van der Waals surface area contributed by atoms with Gasteiger partial charge in [0.2, 0.25) is 0 Å². The molecule has 1 atom stereocenters. The van der Waals surface area contributed by atoms with Crippen LogP contribution >= 0.6 is 24.0 Å². The van der Waals surface area contributed by atoms with E-state index in [1.54, 1.807) is 13.1 Å². The number of rotatable bonds is 5. The average molecular weight is 527 g/mol. The molecule has 2 N–H and O–H groups in total. The van der Waals surface area contributed by atoms with E-state index in [2.05, 4.69) is 15.6 Å². The predicted molar refractivity (Wildman–Crippen MR) is 117 cm³/mol. The third-order valence-electron chi connectivity index (χ3n) is 5.59. The Kier molecular flexibility index (Phi) is 9.02. The minimum absolute atomic E-state index is 0. The number of alkyl halides is 3. The van der Waals surface area contributed by atoms with Crippen LogP contribution in [0.3, 0.4) is 0 Å². The van der Waals surface area contributed by atoms with Gasteiger partial charge in [0.15, 0.2) is 5.96 Å². The fraction of sp³-hybridized carbons (Fsp3) is 0.650. The van der Waals surface area contributed by atoms with E-state index in [1.807, 2.05) is 0 Å². The zero-order chi connectivity index (χ0) is 20.0. The highest BCUT2D eigenvalue weighted by Crippen LogP contribution is 2.37. The zero-order valence-corrected chi connectivity index (χ0v) is 18.9. The summed E-state index contributed by atoms with van der Waals surface area (Å²) in [4.78, 5) is 4.24. The molecule has 0 aromatic heterocycles. The summed E-state index contributed by atoms with van der Waals surface area (Å²) in [7, 11) is 1.69. The van der Waals surface area contributed by atoms with E-state index >= 15 is 0 Å². The molecule has 2 saturated heterocycles. The number of ether oxygens (including phenoxy) is 2. The van der Waals surface area contributed by atoms with Crippen molar-refractivity contribution < 1.29 is 22.6 Å². The molecule has 2 heterocycles. The molecule has 0 amide bonds. The van der Waals surface area contributed by atoms with Gasteiger partial charge in [-0.1, -0.05) is 18.2 Å². The largest absolute Gasteiger partial charge is 0.416 e. The van der Waals surface area contributed by atoms with Crippen molar-refractivity contribution in [2.75, 3.05) is 40.0 Å². The van der Waals surface area contributed by atoms with Crippen LogP contribution in [0.15, 0.2) is 29.3 Å². The summed E-state index contributed by atoms with van der Waals surface area (Å²) in [6.07, 6.45) is -0.769. The molecular weight excluding hydrogens is 498 g/mol. The lowest BCUT2D eigenvalue weighted by Gasteiger charge is -2.38. The number of aliphatic imine (C=N–C) groups is 1. The van der Waals surface area contributed by atoms with Crippen LogP contribution in [0, 0.1) is 0 Å². The lowest BCUT2D eigenvalue weighted by molar-refractivity contribution is -0.137. The second-order valence-electron chi connectivity index (χ2n) is 7.41. The molecule has 3 rings (SSSR count). The molecule has 0 aliphatic carbocycles. The normalized spacial score (nSPS) is 22.1. The summed E-state index contributed by atoms with van der Waals surface area (Å²) in [5.74, 6) is 0.633. The summed E-state index contributed by atoms with van der Waals surface area (Å²) in [5.41, 5.74) is -0.356. The Morgan fingerprint density at radius 2 is 1.97 bits per heavy atom. The lowest BCUT2D eigenvalue weighted by Crippen LogP contribution is -2.49. The molecule has 5 nitrogen and oxygen atoms in total. The molecule has 2 aliphatic heterocycles. The van der Waals surface area contributed by atoms with Crippen molar-refractivity contribution >= 4 is 29.9 Å². The molecule has 0 saturated carbocycles. The molecule has 2 fully saturated rings. The monoisotopic (exact) mass is 527 g/mol.